The van der Waals surface area contributed by atoms with Crippen LogP contribution in [0.15, 0.2) is 52.0 Å². The second-order valence-electron chi connectivity index (χ2n) is 10.9. The van der Waals surface area contributed by atoms with E-state index in [1.54, 1.807) is 11.3 Å². The van der Waals surface area contributed by atoms with Gasteiger partial charge in [0, 0.05) is 43.5 Å². The first kappa shape index (κ1) is 21.6. The SMILES string of the molecule is O=c1[nH]c(C2=C[C@H](N3CCN(c4ccc(-c5ccsc5)cc4)CC3)CC2)nc2c1CC1(CC2)CC1. The molecule has 0 bridgehead atoms. The number of nitrogens with zero attached hydrogens (tertiary/aromatic N) is 3. The van der Waals surface area contributed by atoms with Crippen LogP contribution in [0.1, 0.15) is 49.2 Å². The second kappa shape index (κ2) is 8.45. The summed E-state index contributed by atoms with van der Waals surface area (Å²) in [7, 11) is 0. The Morgan fingerprint density at radius 1 is 0.971 bits per heavy atom. The van der Waals surface area contributed by atoms with Crippen LogP contribution in [-0.2, 0) is 12.8 Å². The fourth-order valence-electron chi connectivity index (χ4n) is 6.33. The van der Waals surface area contributed by atoms with E-state index in [4.69, 9.17) is 4.98 Å². The number of allylic oxidation sites excluding steroid dienone is 1. The zero-order valence-corrected chi connectivity index (χ0v) is 20.9. The van der Waals surface area contributed by atoms with Gasteiger partial charge in [-0.15, -0.1) is 0 Å². The van der Waals surface area contributed by atoms with E-state index < -0.39 is 0 Å². The number of piperazine rings is 1. The Hall–Kier alpha value is -2.70. The molecule has 5 nitrogen and oxygen atoms in total. The van der Waals surface area contributed by atoms with Gasteiger partial charge in [-0.3, -0.25) is 9.69 Å². The molecule has 1 spiro atoms. The lowest BCUT2D eigenvalue weighted by Gasteiger charge is -2.38. The van der Waals surface area contributed by atoms with E-state index in [0.29, 0.717) is 11.5 Å². The van der Waals surface area contributed by atoms with Crippen LogP contribution in [0.2, 0.25) is 0 Å². The van der Waals surface area contributed by atoms with Crippen molar-refractivity contribution in [2.45, 2.75) is 51.0 Å². The predicted octanol–water partition coefficient (Wildman–Crippen LogP) is 5.14. The molecule has 1 aromatic carbocycles. The minimum Gasteiger partial charge on any atom is -0.369 e. The van der Waals surface area contributed by atoms with Gasteiger partial charge in [-0.05, 0) is 96.0 Å². The van der Waals surface area contributed by atoms with Gasteiger partial charge in [0.2, 0.25) is 0 Å². The molecule has 0 amide bonds. The maximum absolute atomic E-state index is 12.9. The molecule has 7 rings (SSSR count). The van der Waals surface area contributed by atoms with Crippen molar-refractivity contribution in [3.63, 3.8) is 0 Å². The molecule has 0 radical (unpaired) electrons. The largest absolute Gasteiger partial charge is 0.369 e. The summed E-state index contributed by atoms with van der Waals surface area (Å²) in [5.41, 5.74) is 7.71. The fraction of sp³-hybridized carbons (Fsp3) is 0.448. The van der Waals surface area contributed by atoms with E-state index in [1.165, 1.54) is 41.6 Å². The van der Waals surface area contributed by atoms with Crippen molar-refractivity contribution in [2.75, 3.05) is 31.1 Å². The predicted molar refractivity (Wildman–Crippen MR) is 143 cm³/mol. The van der Waals surface area contributed by atoms with E-state index in [9.17, 15) is 4.79 Å². The molecule has 1 N–H and O–H groups in total. The molecule has 4 aliphatic rings. The molecular formula is C29H32N4OS. The Labute approximate surface area is 210 Å². The summed E-state index contributed by atoms with van der Waals surface area (Å²) in [4.78, 5) is 26.1. The molecule has 1 atom stereocenters. The standard InChI is InChI=1S/C29H32N4OS/c34-28-25-18-29(10-11-29)9-7-26(25)30-27(31-28)21-3-6-24(17-21)33-14-12-32(13-15-33)23-4-1-20(2-5-23)22-8-16-35-19-22/h1-2,4-5,8,16-17,19,24H,3,6-7,9-15,18H2,(H,30,31,34)/t24-/m1/s1. The fourth-order valence-corrected chi connectivity index (χ4v) is 6.99. The topological polar surface area (TPSA) is 52.2 Å². The Bertz CT molecular complexity index is 1310. The van der Waals surface area contributed by atoms with Gasteiger partial charge in [0.05, 0.1) is 5.69 Å². The Kier molecular flexibility index (Phi) is 5.21. The lowest BCUT2D eigenvalue weighted by molar-refractivity contribution is 0.214. The summed E-state index contributed by atoms with van der Waals surface area (Å²) >= 11 is 1.74. The normalized spacial score (nSPS) is 23.4. The number of hydrogen-bond acceptors (Lipinski definition) is 5. The molecule has 1 saturated carbocycles. The number of hydrogen-bond donors (Lipinski definition) is 1. The van der Waals surface area contributed by atoms with Crippen LogP contribution in [0.25, 0.3) is 16.7 Å². The average Bonchev–Trinajstić information content (AvgIpc) is 3.30. The quantitative estimate of drug-likeness (QED) is 0.557. The number of nitrogens with one attached hydrogen (secondary N) is 1. The Morgan fingerprint density at radius 2 is 1.80 bits per heavy atom. The van der Waals surface area contributed by atoms with Crippen molar-refractivity contribution in [3.05, 3.63) is 74.6 Å². The van der Waals surface area contributed by atoms with Crippen LogP contribution < -0.4 is 10.5 Å². The number of aromatic nitrogens is 2. The number of fused-ring (bicyclic) bond motifs is 1. The van der Waals surface area contributed by atoms with Gasteiger partial charge in [-0.2, -0.15) is 11.3 Å². The summed E-state index contributed by atoms with van der Waals surface area (Å²) in [5.74, 6) is 0.826. The summed E-state index contributed by atoms with van der Waals surface area (Å²) in [6.07, 6.45) is 10.2. The minimum atomic E-state index is 0.110. The number of anilines is 1. The molecular weight excluding hydrogens is 452 g/mol. The zero-order valence-electron chi connectivity index (χ0n) is 20.1. The first-order chi connectivity index (χ1) is 17.2. The van der Waals surface area contributed by atoms with Crippen molar-refractivity contribution in [1.82, 2.24) is 14.9 Å². The third-order valence-corrected chi connectivity index (χ3v) is 9.46. The summed E-state index contributed by atoms with van der Waals surface area (Å²) in [5, 5.41) is 4.34. The molecule has 0 unspecified atom stereocenters. The highest BCUT2D eigenvalue weighted by Crippen LogP contribution is 2.53. The molecule has 180 valence electrons. The minimum absolute atomic E-state index is 0.110. The van der Waals surface area contributed by atoms with E-state index in [-0.39, 0.29) is 5.56 Å². The first-order valence-corrected chi connectivity index (χ1v) is 14.0. The van der Waals surface area contributed by atoms with E-state index in [1.807, 2.05) is 0 Å². The van der Waals surface area contributed by atoms with Crippen molar-refractivity contribution in [1.29, 1.82) is 0 Å². The third-order valence-electron chi connectivity index (χ3n) is 8.78. The maximum atomic E-state index is 12.9. The number of aryl methyl sites for hydroxylation is 1. The first-order valence-electron chi connectivity index (χ1n) is 13.1. The molecule has 3 aliphatic carbocycles. The van der Waals surface area contributed by atoms with E-state index in [0.717, 1.165) is 68.9 Å². The lowest BCUT2D eigenvalue weighted by Crippen LogP contribution is -2.49. The van der Waals surface area contributed by atoms with Crippen LogP contribution in [0, 0.1) is 5.41 Å². The second-order valence-corrected chi connectivity index (χ2v) is 11.7. The van der Waals surface area contributed by atoms with Crippen molar-refractivity contribution in [3.8, 4) is 11.1 Å². The molecule has 3 heterocycles. The maximum Gasteiger partial charge on any atom is 0.254 e. The number of H-pyrrole nitrogens is 1. The molecule has 35 heavy (non-hydrogen) atoms. The Balaban J connectivity index is 1.01. The highest BCUT2D eigenvalue weighted by Gasteiger charge is 2.45. The van der Waals surface area contributed by atoms with Gasteiger partial charge in [0.15, 0.2) is 0 Å². The third kappa shape index (κ3) is 4.07. The van der Waals surface area contributed by atoms with Crippen molar-refractivity contribution in [2.24, 2.45) is 5.41 Å². The monoisotopic (exact) mass is 484 g/mol. The van der Waals surface area contributed by atoms with Crippen molar-refractivity contribution >= 4 is 22.6 Å². The van der Waals surface area contributed by atoms with Gasteiger partial charge < -0.3 is 9.88 Å². The van der Waals surface area contributed by atoms with Crippen LogP contribution in [0.3, 0.4) is 0 Å². The summed E-state index contributed by atoms with van der Waals surface area (Å²) in [6, 6.07) is 11.6. The highest BCUT2D eigenvalue weighted by molar-refractivity contribution is 7.08. The molecule has 2 fully saturated rings. The van der Waals surface area contributed by atoms with Gasteiger partial charge >= 0.3 is 0 Å². The summed E-state index contributed by atoms with van der Waals surface area (Å²) in [6.45, 7) is 4.23. The number of rotatable bonds is 4. The smallest absolute Gasteiger partial charge is 0.254 e. The molecule has 2 aromatic heterocycles. The lowest BCUT2D eigenvalue weighted by atomic mass is 9.84. The highest BCUT2D eigenvalue weighted by atomic mass is 32.1. The number of aromatic amines is 1. The van der Waals surface area contributed by atoms with Crippen LogP contribution >= 0.6 is 11.3 Å². The number of thiophene rings is 1. The molecule has 6 heteroatoms. The van der Waals surface area contributed by atoms with Gasteiger partial charge in [0.1, 0.15) is 5.82 Å². The van der Waals surface area contributed by atoms with Crippen molar-refractivity contribution < 1.29 is 0 Å². The Morgan fingerprint density at radius 3 is 2.54 bits per heavy atom. The van der Waals surface area contributed by atoms with E-state index >= 15 is 0 Å². The molecule has 1 aliphatic heterocycles. The van der Waals surface area contributed by atoms with Gasteiger partial charge in [-0.25, -0.2) is 4.98 Å². The number of benzene rings is 1. The summed E-state index contributed by atoms with van der Waals surface area (Å²) < 4.78 is 0. The van der Waals surface area contributed by atoms with Gasteiger partial charge in [-0.1, -0.05) is 18.2 Å². The molecule has 3 aromatic rings. The average molecular weight is 485 g/mol. The van der Waals surface area contributed by atoms with Crippen LogP contribution in [0.5, 0.6) is 0 Å². The van der Waals surface area contributed by atoms with E-state index in [2.05, 4.69) is 62.0 Å². The van der Waals surface area contributed by atoms with Gasteiger partial charge in [0.25, 0.3) is 5.56 Å². The zero-order chi connectivity index (χ0) is 23.4. The molecule has 1 saturated heterocycles. The van der Waals surface area contributed by atoms with Crippen LogP contribution in [0.4, 0.5) is 5.69 Å². The van der Waals surface area contributed by atoms with Crippen LogP contribution in [-0.4, -0.2) is 47.1 Å².